The first kappa shape index (κ1) is 14.4. The number of carbonyl (C=O) groups excluding carboxylic acids is 1. The van der Waals surface area contributed by atoms with E-state index in [4.69, 9.17) is 0 Å². The van der Waals surface area contributed by atoms with Gasteiger partial charge in [-0.2, -0.15) is 0 Å². The third kappa shape index (κ3) is 3.18. The summed E-state index contributed by atoms with van der Waals surface area (Å²) >= 11 is 0. The van der Waals surface area contributed by atoms with Crippen molar-refractivity contribution in [3.05, 3.63) is 0 Å². The molecule has 0 aromatic heterocycles. The second-order valence-electron chi connectivity index (χ2n) is 5.21. The maximum atomic E-state index is 12.3. The van der Waals surface area contributed by atoms with E-state index in [1.807, 2.05) is 13.8 Å². The molecule has 0 radical (unpaired) electrons. The molecule has 4 N–H and O–H groups in total. The predicted octanol–water partition coefficient (Wildman–Crippen LogP) is -0.374. The first-order valence-corrected chi connectivity index (χ1v) is 6.27. The Morgan fingerprint density at radius 1 is 1.35 bits per heavy atom. The third-order valence-corrected chi connectivity index (χ3v) is 3.92. The van der Waals surface area contributed by atoms with Crippen LogP contribution in [-0.4, -0.2) is 48.0 Å². The number of carbonyl (C=O) groups is 1. The summed E-state index contributed by atoms with van der Waals surface area (Å²) in [6, 6.07) is 0. The molecule has 1 aliphatic rings. The Balaban J connectivity index is 2.69. The maximum Gasteiger partial charge on any atom is 0.226 e. The Kier molecular flexibility index (Phi) is 4.91. The minimum atomic E-state index is -0.884. The van der Waals surface area contributed by atoms with Crippen LogP contribution >= 0.6 is 0 Å². The van der Waals surface area contributed by atoms with Crippen molar-refractivity contribution in [3.8, 4) is 0 Å². The van der Waals surface area contributed by atoms with Crippen LogP contribution in [0.3, 0.4) is 0 Å². The second-order valence-corrected chi connectivity index (χ2v) is 5.21. The van der Waals surface area contributed by atoms with Gasteiger partial charge in [-0.15, -0.1) is 0 Å². The van der Waals surface area contributed by atoms with E-state index in [1.165, 1.54) is 0 Å². The molecule has 1 saturated heterocycles. The molecule has 0 aromatic carbocycles. The number of aliphatic hydroxyl groups is 2. The van der Waals surface area contributed by atoms with E-state index in [0.29, 0.717) is 6.42 Å². The van der Waals surface area contributed by atoms with E-state index in [-0.39, 0.29) is 19.1 Å². The van der Waals surface area contributed by atoms with Gasteiger partial charge < -0.3 is 20.8 Å². The van der Waals surface area contributed by atoms with Crippen LogP contribution in [0.25, 0.3) is 0 Å². The fraction of sp³-hybridized carbons (Fsp3) is 0.917. The number of hydrogen-bond acceptors (Lipinski definition) is 4. The van der Waals surface area contributed by atoms with Gasteiger partial charge in [0.15, 0.2) is 0 Å². The van der Waals surface area contributed by atoms with Crippen molar-refractivity contribution in [3.63, 3.8) is 0 Å². The highest BCUT2D eigenvalue weighted by Gasteiger charge is 2.39. The Hall–Kier alpha value is -0.650. The standard InChI is InChI=1S/C12H24N2O3/c1-3-12(8-15,9-16)14-10(17)11(2)4-6-13-7-5-11/h13,15-16H,3-9H2,1-2H3,(H,14,17). The van der Waals surface area contributed by atoms with Crippen LogP contribution in [0.5, 0.6) is 0 Å². The zero-order valence-corrected chi connectivity index (χ0v) is 10.8. The molecule has 0 aliphatic carbocycles. The summed E-state index contributed by atoms with van der Waals surface area (Å²) in [5, 5.41) is 24.7. The van der Waals surface area contributed by atoms with Crippen LogP contribution in [0.4, 0.5) is 0 Å². The fourth-order valence-corrected chi connectivity index (χ4v) is 2.04. The van der Waals surface area contributed by atoms with Gasteiger partial charge in [-0.3, -0.25) is 4.79 Å². The van der Waals surface area contributed by atoms with Gasteiger partial charge >= 0.3 is 0 Å². The average Bonchev–Trinajstić information content (AvgIpc) is 2.37. The van der Waals surface area contributed by atoms with Gasteiger partial charge in [0, 0.05) is 5.41 Å². The van der Waals surface area contributed by atoms with Gasteiger partial charge in [0.1, 0.15) is 0 Å². The van der Waals surface area contributed by atoms with Crippen molar-refractivity contribution in [2.75, 3.05) is 26.3 Å². The lowest BCUT2D eigenvalue weighted by atomic mass is 9.79. The summed E-state index contributed by atoms with van der Waals surface area (Å²) in [4.78, 5) is 12.3. The van der Waals surface area contributed by atoms with Gasteiger partial charge in [0.2, 0.25) is 5.91 Å². The SMILES string of the molecule is CCC(CO)(CO)NC(=O)C1(C)CCNCC1. The van der Waals surface area contributed by atoms with Crippen molar-refractivity contribution in [2.24, 2.45) is 5.41 Å². The number of amides is 1. The zero-order chi connectivity index (χ0) is 12.9. The van der Waals surface area contributed by atoms with E-state index < -0.39 is 11.0 Å². The summed E-state index contributed by atoms with van der Waals surface area (Å²) in [6.45, 7) is 4.98. The van der Waals surface area contributed by atoms with Crippen LogP contribution in [-0.2, 0) is 4.79 Å². The van der Waals surface area contributed by atoms with Gasteiger partial charge in [-0.25, -0.2) is 0 Å². The lowest BCUT2D eigenvalue weighted by molar-refractivity contribution is -0.135. The molecular weight excluding hydrogens is 220 g/mol. The Labute approximate surface area is 103 Å². The van der Waals surface area contributed by atoms with E-state index in [2.05, 4.69) is 10.6 Å². The molecule has 1 rings (SSSR count). The predicted molar refractivity (Wildman–Crippen MR) is 65.5 cm³/mol. The van der Waals surface area contributed by atoms with E-state index in [9.17, 15) is 15.0 Å². The normalized spacial score (nSPS) is 20.0. The Bertz CT molecular complexity index is 250. The minimum Gasteiger partial charge on any atom is -0.394 e. The minimum absolute atomic E-state index is 0.0658. The molecule has 5 heteroatoms. The molecule has 0 atom stereocenters. The van der Waals surface area contributed by atoms with Crippen LogP contribution in [0, 0.1) is 5.41 Å². The maximum absolute atomic E-state index is 12.3. The second kappa shape index (κ2) is 5.80. The molecule has 1 amide bonds. The number of rotatable bonds is 5. The van der Waals surface area contributed by atoms with Crippen LogP contribution in [0.1, 0.15) is 33.1 Å². The molecule has 0 aromatic rings. The average molecular weight is 244 g/mol. The van der Waals surface area contributed by atoms with E-state index >= 15 is 0 Å². The highest BCUT2D eigenvalue weighted by atomic mass is 16.3. The summed E-state index contributed by atoms with van der Waals surface area (Å²) in [7, 11) is 0. The highest BCUT2D eigenvalue weighted by Crippen LogP contribution is 2.29. The lowest BCUT2D eigenvalue weighted by Crippen LogP contribution is -2.58. The van der Waals surface area contributed by atoms with Crippen molar-refractivity contribution in [1.82, 2.24) is 10.6 Å². The quantitative estimate of drug-likeness (QED) is 0.532. The fourth-order valence-electron chi connectivity index (χ4n) is 2.04. The van der Waals surface area contributed by atoms with Crippen LogP contribution in [0.15, 0.2) is 0 Å². The van der Waals surface area contributed by atoms with E-state index in [0.717, 1.165) is 25.9 Å². The molecule has 0 bridgehead atoms. The molecule has 1 fully saturated rings. The van der Waals surface area contributed by atoms with E-state index in [1.54, 1.807) is 0 Å². The highest BCUT2D eigenvalue weighted by molar-refractivity contribution is 5.83. The van der Waals surface area contributed by atoms with Gasteiger partial charge in [-0.1, -0.05) is 13.8 Å². The first-order valence-electron chi connectivity index (χ1n) is 6.27. The molecule has 1 aliphatic heterocycles. The summed E-state index contributed by atoms with van der Waals surface area (Å²) in [5.41, 5.74) is -1.28. The Morgan fingerprint density at radius 3 is 2.29 bits per heavy atom. The summed E-state index contributed by atoms with van der Waals surface area (Å²) in [6.07, 6.45) is 2.09. The molecule has 17 heavy (non-hydrogen) atoms. The molecular formula is C12H24N2O3. The smallest absolute Gasteiger partial charge is 0.226 e. The summed E-state index contributed by atoms with van der Waals surface area (Å²) < 4.78 is 0. The zero-order valence-electron chi connectivity index (χ0n) is 10.8. The van der Waals surface area contributed by atoms with Gasteiger partial charge in [0.05, 0.1) is 18.8 Å². The van der Waals surface area contributed by atoms with Crippen molar-refractivity contribution in [1.29, 1.82) is 0 Å². The third-order valence-electron chi connectivity index (χ3n) is 3.92. The lowest BCUT2D eigenvalue weighted by Gasteiger charge is -2.38. The molecule has 0 saturated carbocycles. The number of nitrogens with one attached hydrogen (secondary N) is 2. The van der Waals surface area contributed by atoms with Crippen LogP contribution < -0.4 is 10.6 Å². The molecule has 5 nitrogen and oxygen atoms in total. The number of piperidine rings is 1. The number of aliphatic hydroxyl groups excluding tert-OH is 2. The van der Waals surface area contributed by atoms with Gasteiger partial charge in [0.25, 0.3) is 0 Å². The molecule has 100 valence electrons. The Morgan fingerprint density at radius 2 is 1.88 bits per heavy atom. The summed E-state index contributed by atoms with van der Waals surface area (Å²) in [5.74, 6) is -0.0658. The molecule has 1 heterocycles. The van der Waals surface area contributed by atoms with Crippen molar-refractivity contribution in [2.45, 2.75) is 38.6 Å². The topological polar surface area (TPSA) is 81.6 Å². The largest absolute Gasteiger partial charge is 0.394 e. The van der Waals surface area contributed by atoms with Gasteiger partial charge in [-0.05, 0) is 32.4 Å². The first-order chi connectivity index (χ1) is 8.02. The number of hydrogen-bond donors (Lipinski definition) is 4. The monoisotopic (exact) mass is 244 g/mol. The van der Waals surface area contributed by atoms with Crippen molar-refractivity contribution >= 4 is 5.91 Å². The molecule has 0 spiro atoms. The van der Waals surface area contributed by atoms with Crippen molar-refractivity contribution < 1.29 is 15.0 Å². The van der Waals surface area contributed by atoms with Crippen LogP contribution in [0.2, 0.25) is 0 Å². The molecule has 0 unspecified atom stereocenters.